The zero-order valence-electron chi connectivity index (χ0n) is 4.61. The molecular weight excluding hydrogens is 165 g/mol. The maximum atomic E-state index is 4.91. The van der Waals surface area contributed by atoms with Gasteiger partial charge in [-0.05, 0) is 0 Å². The summed E-state index contributed by atoms with van der Waals surface area (Å²) in [5.41, 5.74) is 0. The molecule has 0 unspecified atom stereocenters. The van der Waals surface area contributed by atoms with Gasteiger partial charge in [0.1, 0.15) is 0 Å². The first-order chi connectivity index (χ1) is 2.91. The van der Waals surface area contributed by atoms with Gasteiger partial charge in [0.15, 0.2) is 0 Å². The van der Waals surface area contributed by atoms with Crippen molar-refractivity contribution in [3.63, 3.8) is 0 Å². The van der Waals surface area contributed by atoms with E-state index in [9.17, 15) is 0 Å². The molecule has 0 saturated carbocycles. The fraction of sp³-hybridized carbons (Fsp3) is 1.00. The first kappa shape index (κ1) is 10.8. The summed E-state index contributed by atoms with van der Waals surface area (Å²) in [5, 5.41) is 0. The fourth-order valence-corrected chi connectivity index (χ4v) is 0.675. The van der Waals surface area contributed by atoms with Crippen LogP contribution in [0.25, 0.3) is 0 Å². The van der Waals surface area contributed by atoms with Crippen molar-refractivity contribution in [1.29, 1.82) is 0 Å². The molecule has 0 radical (unpaired) electrons. The van der Waals surface area contributed by atoms with Gasteiger partial charge in [-0.15, -0.1) is 0 Å². The molecule has 0 aromatic carbocycles. The Kier molecular flexibility index (Phi) is 15.4. The van der Waals surface area contributed by atoms with Crippen LogP contribution < -0.4 is 12.4 Å². The first-order valence-corrected chi connectivity index (χ1v) is 3.50. The third-order valence-corrected chi connectivity index (χ3v) is 1.25. The average Bonchev–Trinajstić information content (AvgIpc) is 1.61. The summed E-state index contributed by atoms with van der Waals surface area (Å²) in [6, 6.07) is 0. The van der Waals surface area contributed by atoms with Gasteiger partial charge < -0.3 is 12.4 Å². The van der Waals surface area contributed by atoms with Crippen molar-refractivity contribution >= 4 is 0 Å². The second-order valence-corrected chi connectivity index (χ2v) is 2.12. The van der Waals surface area contributed by atoms with Crippen LogP contribution >= 0.6 is 0 Å². The van der Waals surface area contributed by atoms with Gasteiger partial charge >= 0.3 is 48.6 Å². The van der Waals surface area contributed by atoms with Crippen molar-refractivity contribution in [2.45, 2.75) is 19.8 Å². The third-order valence-electron chi connectivity index (χ3n) is 0.642. The Bertz CT molecular complexity index is 23.7. The molecule has 0 atom stereocenters. The number of halogens is 1. The quantitative estimate of drug-likeness (QED) is 0.365. The topological polar surface area (TPSA) is 9.23 Å². The number of rotatable bonds is 3. The smallest absolute Gasteiger partial charge is 1.00 e. The molecule has 40 valence electrons. The molecule has 3 heteroatoms. The summed E-state index contributed by atoms with van der Waals surface area (Å²) in [6.07, 6.45) is 2.47. The largest absolute Gasteiger partial charge is 1.00 e. The van der Waals surface area contributed by atoms with Crippen molar-refractivity contribution in [2.75, 3.05) is 6.61 Å². The van der Waals surface area contributed by atoms with Gasteiger partial charge in [0.05, 0.1) is 0 Å². The molecule has 0 saturated heterocycles. The van der Waals surface area contributed by atoms with E-state index in [0.29, 0.717) is 0 Å². The maximum Gasteiger partial charge on any atom is -1.00 e. The molecule has 7 heavy (non-hydrogen) atoms. The molecule has 0 aromatic rings. The van der Waals surface area contributed by atoms with Gasteiger partial charge in [-0.1, -0.05) is 0 Å². The van der Waals surface area contributed by atoms with Gasteiger partial charge in [-0.3, -0.25) is 0 Å². The van der Waals surface area contributed by atoms with E-state index in [1.54, 1.807) is 0 Å². The normalized spacial score (nSPS) is 7.86. The Labute approximate surface area is 61.3 Å². The average molecular weight is 174 g/mol. The maximum absolute atomic E-state index is 4.91. The molecule has 0 aliphatic rings. The molecule has 0 bridgehead atoms. The number of hydrogen-bond donors (Lipinski definition) is 0. The Morgan fingerprint density at radius 2 is 2.14 bits per heavy atom. The molecule has 0 spiro atoms. The molecule has 1 nitrogen and oxygen atoms in total. The summed E-state index contributed by atoms with van der Waals surface area (Å²) in [7, 11) is 0. The summed E-state index contributed by atoms with van der Waals surface area (Å²) in [5.74, 6) is 0. The van der Waals surface area contributed by atoms with E-state index in [4.69, 9.17) is 3.56 Å². The van der Waals surface area contributed by atoms with Crippen LogP contribution in [0.4, 0.5) is 0 Å². The molecule has 0 aromatic heterocycles. The van der Waals surface area contributed by atoms with Gasteiger partial charge in [0.2, 0.25) is 0 Å². The van der Waals surface area contributed by atoms with Crippen LogP contribution in [0, 0.1) is 0 Å². The zero-order valence-corrected chi connectivity index (χ0v) is 8.34. The minimum Gasteiger partial charge on any atom is -1.00 e. The van der Waals surface area contributed by atoms with Crippen LogP contribution in [0.15, 0.2) is 0 Å². The Balaban J connectivity index is 0. The Morgan fingerprint density at radius 1 is 1.57 bits per heavy atom. The first-order valence-electron chi connectivity index (χ1n) is 2.28. The molecule has 0 aliphatic heterocycles. The van der Waals surface area contributed by atoms with Crippen molar-refractivity contribution < 1.29 is 34.6 Å². The third kappa shape index (κ3) is 10.9. The Morgan fingerprint density at radius 3 is 2.29 bits per heavy atom. The molecule has 0 N–H and O–H groups in total. The van der Waals surface area contributed by atoms with Gasteiger partial charge in [-0.25, -0.2) is 0 Å². The van der Waals surface area contributed by atoms with Crippen LogP contribution in [0.1, 0.15) is 19.8 Å². The Hall–Kier alpha value is 0.873. The predicted octanol–water partition coefficient (Wildman–Crippen LogP) is -1.73. The standard InChI is InChI=1S/C4H9O.ClH.Zn/c1-2-3-4-5;;/h2-4H2,1H3;1H;/q-1;;+2/p-1. The van der Waals surface area contributed by atoms with Crippen LogP contribution in [0.2, 0.25) is 0 Å². The minimum atomic E-state index is 0. The summed E-state index contributed by atoms with van der Waals surface area (Å²) < 4.78 is 4.91. The van der Waals surface area contributed by atoms with E-state index in [0.717, 1.165) is 25.3 Å². The molecule has 0 fully saturated rings. The molecule has 0 amide bonds. The molecule has 0 rings (SSSR count). The molecular formula is C4H9ClOZn. The molecule has 0 heterocycles. The van der Waals surface area contributed by atoms with Crippen molar-refractivity contribution in [3.05, 3.63) is 0 Å². The second-order valence-electron chi connectivity index (χ2n) is 1.26. The van der Waals surface area contributed by atoms with Crippen molar-refractivity contribution in [2.24, 2.45) is 0 Å². The van der Waals surface area contributed by atoms with Gasteiger partial charge in [0, 0.05) is 0 Å². The van der Waals surface area contributed by atoms with Crippen LogP contribution in [-0.2, 0) is 22.2 Å². The molecule has 0 aliphatic carbocycles. The number of unbranched alkanes of at least 4 members (excludes halogenated alkanes) is 1. The van der Waals surface area contributed by atoms with Crippen LogP contribution in [-0.4, -0.2) is 6.61 Å². The van der Waals surface area contributed by atoms with E-state index in [-0.39, 0.29) is 12.4 Å². The summed E-state index contributed by atoms with van der Waals surface area (Å²) in [6.45, 7) is 3.13. The zero-order chi connectivity index (χ0) is 4.83. The summed E-state index contributed by atoms with van der Waals surface area (Å²) in [4.78, 5) is 0. The van der Waals surface area contributed by atoms with Gasteiger partial charge in [0.25, 0.3) is 0 Å². The summed E-state index contributed by atoms with van der Waals surface area (Å²) >= 11 is 0.986. The van der Waals surface area contributed by atoms with E-state index < -0.39 is 0 Å². The monoisotopic (exact) mass is 172 g/mol. The van der Waals surface area contributed by atoms with Crippen molar-refractivity contribution in [1.82, 2.24) is 0 Å². The van der Waals surface area contributed by atoms with Gasteiger partial charge in [-0.2, -0.15) is 0 Å². The SMILES string of the molecule is CCCC[O][Zn+].[Cl-]. The minimum absolute atomic E-state index is 0. The van der Waals surface area contributed by atoms with E-state index in [1.165, 1.54) is 12.8 Å². The second kappa shape index (κ2) is 9.98. The predicted molar refractivity (Wildman–Crippen MR) is 20.9 cm³/mol. The van der Waals surface area contributed by atoms with E-state index in [2.05, 4.69) is 6.92 Å². The van der Waals surface area contributed by atoms with Crippen molar-refractivity contribution in [3.8, 4) is 0 Å². The van der Waals surface area contributed by atoms with Crippen LogP contribution in [0.5, 0.6) is 0 Å². The van der Waals surface area contributed by atoms with Crippen LogP contribution in [0.3, 0.4) is 0 Å². The fourth-order valence-electron chi connectivity index (χ4n) is 0.246. The van der Waals surface area contributed by atoms with E-state index in [1.807, 2.05) is 0 Å². The number of hydrogen-bond acceptors (Lipinski definition) is 1. The van der Waals surface area contributed by atoms with E-state index >= 15 is 0 Å².